The highest BCUT2D eigenvalue weighted by molar-refractivity contribution is 7.18. The van der Waals surface area contributed by atoms with Gasteiger partial charge in [0.2, 0.25) is 0 Å². The second-order valence-corrected chi connectivity index (χ2v) is 6.37. The van der Waals surface area contributed by atoms with Gasteiger partial charge >= 0.3 is 0 Å². The van der Waals surface area contributed by atoms with Crippen LogP contribution < -0.4 is 10.2 Å². The normalized spacial score (nSPS) is 19.4. The molecule has 0 aliphatic carbocycles. The molecule has 3 heterocycles. The van der Waals surface area contributed by atoms with Crippen molar-refractivity contribution in [2.75, 3.05) is 24.5 Å². The van der Waals surface area contributed by atoms with E-state index in [0.29, 0.717) is 6.04 Å². The number of piperidine rings is 1. The van der Waals surface area contributed by atoms with E-state index in [1.807, 2.05) is 0 Å². The predicted molar refractivity (Wildman–Crippen MR) is 85.7 cm³/mol. The molecule has 4 nitrogen and oxygen atoms in total. The Bertz CT molecular complexity index is 574. The van der Waals surface area contributed by atoms with Crippen LogP contribution in [0.1, 0.15) is 31.7 Å². The Balaban J connectivity index is 2.00. The van der Waals surface area contributed by atoms with Gasteiger partial charge in [-0.15, -0.1) is 11.3 Å². The fourth-order valence-electron chi connectivity index (χ4n) is 2.96. The highest BCUT2D eigenvalue weighted by Crippen LogP contribution is 2.32. The topological polar surface area (TPSA) is 41.1 Å². The van der Waals surface area contributed by atoms with E-state index in [4.69, 9.17) is 0 Å². The third-order valence-electron chi connectivity index (χ3n) is 3.96. The fourth-order valence-corrected chi connectivity index (χ4v) is 3.97. The summed E-state index contributed by atoms with van der Waals surface area (Å²) >= 11 is 1.77. The molecular weight excluding hydrogens is 268 g/mol. The van der Waals surface area contributed by atoms with Gasteiger partial charge in [0, 0.05) is 19.1 Å². The molecular formula is C15H22N4S. The van der Waals surface area contributed by atoms with Gasteiger partial charge in [-0.05, 0) is 43.7 Å². The maximum atomic E-state index is 4.61. The molecule has 0 amide bonds. The van der Waals surface area contributed by atoms with Gasteiger partial charge in [-0.2, -0.15) is 0 Å². The standard InChI is InChI=1S/C15H22N4S/c1-3-7-19(12-5-4-6-16-8-12)15-14-13(17-10-18-15)11(2)9-20-14/h9-10,12,16H,3-8H2,1-2H3. The number of hydrogen-bond donors (Lipinski definition) is 1. The molecule has 3 rings (SSSR count). The second kappa shape index (κ2) is 6.06. The number of aromatic nitrogens is 2. The number of nitrogens with one attached hydrogen (secondary N) is 1. The summed E-state index contributed by atoms with van der Waals surface area (Å²) in [6.07, 6.45) is 5.37. The van der Waals surface area contributed by atoms with Crippen LogP contribution in [-0.4, -0.2) is 35.6 Å². The van der Waals surface area contributed by atoms with E-state index in [0.717, 1.165) is 37.4 Å². The molecule has 1 fully saturated rings. The predicted octanol–water partition coefficient (Wildman–Crippen LogP) is 2.97. The quantitative estimate of drug-likeness (QED) is 0.940. The molecule has 0 aromatic carbocycles. The lowest BCUT2D eigenvalue weighted by molar-refractivity contribution is 0.429. The van der Waals surface area contributed by atoms with Crippen LogP contribution in [0, 0.1) is 6.92 Å². The van der Waals surface area contributed by atoms with E-state index < -0.39 is 0 Å². The Kier molecular flexibility index (Phi) is 4.17. The Morgan fingerprint density at radius 2 is 2.35 bits per heavy atom. The van der Waals surface area contributed by atoms with Gasteiger partial charge in [0.1, 0.15) is 12.1 Å². The Hall–Kier alpha value is -1.20. The van der Waals surface area contributed by atoms with Crippen molar-refractivity contribution >= 4 is 27.4 Å². The number of thiophene rings is 1. The molecule has 0 spiro atoms. The molecule has 1 aliphatic heterocycles. The van der Waals surface area contributed by atoms with Gasteiger partial charge in [0.25, 0.3) is 0 Å². The summed E-state index contributed by atoms with van der Waals surface area (Å²) in [5.74, 6) is 1.13. The monoisotopic (exact) mass is 290 g/mol. The van der Waals surface area contributed by atoms with Crippen LogP contribution in [0.25, 0.3) is 10.2 Å². The number of nitrogens with zero attached hydrogens (tertiary/aromatic N) is 3. The number of rotatable bonds is 4. The first-order valence-corrected chi connectivity index (χ1v) is 8.35. The molecule has 108 valence electrons. The first-order valence-electron chi connectivity index (χ1n) is 7.47. The zero-order valence-corrected chi connectivity index (χ0v) is 13.0. The van der Waals surface area contributed by atoms with Crippen molar-refractivity contribution in [3.63, 3.8) is 0 Å². The van der Waals surface area contributed by atoms with Gasteiger partial charge in [0.05, 0.1) is 10.2 Å². The average molecular weight is 290 g/mol. The molecule has 0 bridgehead atoms. The van der Waals surface area contributed by atoms with Crippen LogP contribution in [0.15, 0.2) is 11.7 Å². The molecule has 1 saturated heterocycles. The minimum absolute atomic E-state index is 0.559. The first kappa shape index (κ1) is 13.8. The number of hydrogen-bond acceptors (Lipinski definition) is 5. The van der Waals surface area contributed by atoms with Crippen molar-refractivity contribution in [1.82, 2.24) is 15.3 Å². The molecule has 0 saturated carbocycles. The lowest BCUT2D eigenvalue weighted by Crippen LogP contribution is -2.46. The van der Waals surface area contributed by atoms with Gasteiger partial charge in [0.15, 0.2) is 0 Å². The van der Waals surface area contributed by atoms with E-state index in [9.17, 15) is 0 Å². The van der Waals surface area contributed by atoms with Gasteiger partial charge in [-0.25, -0.2) is 9.97 Å². The maximum absolute atomic E-state index is 4.61. The van der Waals surface area contributed by atoms with E-state index in [-0.39, 0.29) is 0 Å². The number of aryl methyl sites for hydroxylation is 1. The Labute approximate surface area is 124 Å². The van der Waals surface area contributed by atoms with Crippen LogP contribution in [0.3, 0.4) is 0 Å². The van der Waals surface area contributed by atoms with Crippen molar-refractivity contribution in [1.29, 1.82) is 0 Å². The van der Waals surface area contributed by atoms with Crippen LogP contribution >= 0.6 is 11.3 Å². The minimum atomic E-state index is 0.559. The van der Waals surface area contributed by atoms with Crippen LogP contribution in [0.2, 0.25) is 0 Å². The summed E-state index contributed by atoms with van der Waals surface area (Å²) in [5, 5.41) is 5.70. The van der Waals surface area contributed by atoms with E-state index in [1.165, 1.54) is 23.1 Å². The van der Waals surface area contributed by atoms with Crippen molar-refractivity contribution in [2.45, 2.75) is 39.2 Å². The SMILES string of the molecule is CCCN(c1ncnc2c(C)csc12)C1CCCNC1. The molecule has 2 aromatic rings. The van der Waals surface area contributed by atoms with E-state index in [2.05, 4.69) is 39.4 Å². The number of fused-ring (bicyclic) bond motifs is 1. The van der Waals surface area contributed by atoms with Gasteiger partial charge < -0.3 is 10.2 Å². The largest absolute Gasteiger partial charge is 0.351 e. The summed E-state index contributed by atoms with van der Waals surface area (Å²) in [5.41, 5.74) is 2.37. The van der Waals surface area contributed by atoms with Gasteiger partial charge in [-0.3, -0.25) is 0 Å². The minimum Gasteiger partial charge on any atom is -0.351 e. The molecule has 1 N–H and O–H groups in total. The third-order valence-corrected chi connectivity index (χ3v) is 5.04. The second-order valence-electron chi connectivity index (χ2n) is 5.49. The van der Waals surface area contributed by atoms with E-state index in [1.54, 1.807) is 17.7 Å². The highest BCUT2D eigenvalue weighted by atomic mass is 32.1. The Morgan fingerprint density at radius 1 is 1.45 bits per heavy atom. The molecule has 5 heteroatoms. The lowest BCUT2D eigenvalue weighted by atomic mass is 10.1. The van der Waals surface area contributed by atoms with Gasteiger partial charge in [-0.1, -0.05) is 6.92 Å². The zero-order valence-electron chi connectivity index (χ0n) is 12.2. The average Bonchev–Trinajstić information content (AvgIpc) is 2.88. The van der Waals surface area contributed by atoms with Crippen molar-refractivity contribution in [3.05, 3.63) is 17.3 Å². The lowest BCUT2D eigenvalue weighted by Gasteiger charge is -2.35. The zero-order chi connectivity index (χ0) is 13.9. The van der Waals surface area contributed by atoms with E-state index >= 15 is 0 Å². The Morgan fingerprint density at radius 3 is 3.10 bits per heavy atom. The number of anilines is 1. The van der Waals surface area contributed by atoms with Crippen LogP contribution in [-0.2, 0) is 0 Å². The van der Waals surface area contributed by atoms with Crippen molar-refractivity contribution < 1.29 is 0 Å². The van der Waals surface area contributed by atoms with Crippen molar-refractivity contribution in [3.8, 4) is 0 Å². The smallest absolute Gasteiger partial charge is 0.150 e. The molecule has 1 unspecified atom stereocenters. The molecule has 0 radical (unpaired) electrons. The third kappa shape index (κ3) is 2.52. The molecule has 1 aliphatic rings. The van der Waals surface area contributed by atoms with Crippen LogP contribution in [0.5, 0.6) is 0 Å². The molecule has 2 aromatic heterocycles. The van der Waals surface area contributed by atoms with Crippen molar-refractivity contribution in [2.24, 2.45) is 0 Å². The summed E-state index contributed by atoms with van der Waals surface area (Å²) < 4.78 is 1.24. The summed E-state index contributed by atoms with van der Waals surface area (Å²) in [6, 6.07) is 0.559. The molecule has 20 heavy (non-hydrogen) atoms. The fraction of sp³-hybridized carbons (Fsp3) is 0.600. The first-order chi connectivity index (χ1) is 9.81. The highest BCUT2D eigenvalue weighted by Gasteiger charge is 2.24. The summed E-state index contributed by atoms with van der Waals surface area (Å²) in [6.45, 7) is 7.64. The maximum Gasteiger partial charge on any atom is 0.150 e. The summed E-state index contributed by atoms with van der Waals surface area (Å²) in [7, 11) is 0. The molecule has 1 atom stereocenters. The van der Waals surface area contributed by atoms with Crippen LogP contribution in [0.4, 0.5) is 5.82 Å². The summed E-state index contributed by atoms with van der Waals surface area (Å²) in [4.78, 5) is 11.6.